The van der Waals surface area contributed by atoms with Crippen LogP contribution in [0.5, 0.6) is 0 Å². The van der Waals surface area contributed by atoms with Crippen LogP contribution < -0.4 is 5.56 Å². The highest BCUT2D eigenvalue weighted by Gasteiger charge is 2.31. The molecule has 6 nitrogen and oxygen atoms in total. The van der Waals surface area contributed by atoms with Crippen molar-refractivity contribution < 1.29 is 9.90 Å². The van der Waals surface area contributed by atoms with Gasteiger partial charge in [0.25, 0.3) is 5.56 Å². The van der Waals surface area contributed by atoms with Crippen LogP contribution in [-0.2, 0) is 0 Å². The van der Waals surface area contributed by atoms with Crippen LogP contribution in [0, 0.1) is 0 Å². The molecule has 1 aliphatic rings. The molecule has 0 radical (unpaired) electrons. The largest absolute Gasteiger partial charge is 0.465 e. The van der Waals surface area contributed by atoms with Crippen LogP contribution in [-0.4, -0.2) is 32.6 Å². The first-order valence-electron chi connectivity index (χ1n) is 5.75. The number of amides is 1. The molecule has 19 heavy (non-hydrogen) atoms. The van der Waals surface area contributed by atoms with Crippen LogP contribution >= 0.6 is 27.3 Å². The lowest BCUT2D eigenvalue weighted by molar-refractivity contribution is 0.138. The van der Waals surface area contributed by atoms with Gasteiger partial charge in [-0.15, -0.1) is 11.3 Å². The molecular formula is C11H10BrN3O3S. The Morgan fingerprint density at radius 2 is 2.42 bits per heavy atom. The first-order chi connectivity index (χ1) is 9.06. The van der Waals surface area contributed by atoms with Gasteiger partial charge in [0.1, 0.15) is 10.5 Å². The predicted molar refractivity (Wildman–Crippen MR) is 74.6 cm³/mol. The fourth-order valence-electron chi connectivity index (χ4n) is 2.37. The predicted octanol–water partition coefficient (Wildman–Crippen LogP) is 2.56. The van der Waals surface area contributed by atoms with Gasteiger partial charge in [0, 0.05) is 6.54 Å². The summed E-state index contributed by atoms with van der Waals surface area (Å²) in [6.45, 7) is 0.481. The molecule has 3 rings (SSSR count). The summed E-state index contributed by atoms with van der Waals surface area (Å²) < 4.78 is 1.38. The van der Waals surface area contributed by atoms with Gasteiger partial charge in [0.2, 0.25) is 0 Å². The minimum Gasteiger partial charge on any atom is -0.465 e. The third kappa shape index (κ3) is 2.14. The van der Waals surface area contributed by atoms with Gasteiger partial charge in [0.05, 0.1) is 15.3 Å². The number of rotatable bonds is 1. The number of fused-ring (bicyclic) bond motifs is 1. The van der Waals surface area contributed by atoms with Crippen LogP contribution in [0.4, 0.5) is 4.79 Å². The van der Waals surface area contributed by atoms with Crippen LogP contribution in [0.25, 0.3) is 10.2 Å². The highest BCUT2D eigenvalue weighted by atomic mass is 79.9. The number of carbonyl (C=O) groups is 1. The third-order valence-electron chi connectivity index (χ3n) is 3.19. The van der Waals surface area contributed by atoms with E-state index in [9.17, 15) is 9.59 Å². The van der Waals surface area contributed by atoms with Crippen molar-refractivity contribution in [3.63, 3.8) is 0 Å². The van der Waals surface area contributed by atoms with Gasteiger partial charge in [-0.3, -0.25) is 9.69 Å². The lowest BCUT2D eigenvalue weighted by Gasteiger charge is -2.20. The van der Waals surface area contributed by atoms with Crippen LogP contribution in [0.2, 0.25) is 0 Å². The van der Waals surface area contributed by atoms with Gasteiger partial charge in [-0.1, -0.05) is 0 Å². The molecule has 0 saturated carbocycles. The smallest absolute Gasteiger partial charge is 0.407 e. The number of likely N-dealkylation sites (tertiary alicyclic amines) is 1. The zero-order chi connectivity index (χ0) is 13.6. The van der Waals surface area contributed by atoms with Crippen molar-refractivity contribution in [1.29, 1.82) is 0 Å². The molecule has 2 N–H and O–H groups in total. The maximum atomic E-state index is 12.0. The van der Waals surface area contributed by atoms with Crippen LogP contribution in [0.1, 0.15) is 24.7 Å². The first-order valence-corrected chi connectivity index (χ1v) is 7.36. The normalized spacial score (nSPS) is 19.2. The van der Waals surface area contributed by atoms with E-state index in [1.54, 1.807) is 6.07 Å². The van der Waals surface area contributed by atoms with E-state index in [1.165, 1.54) is 16.2 Å². The number of H-pyrrole nitrogens is 1. The Morgan fingerprint density at radius 3 is 3.16 bits per heavy atom. The maximum absolute atomic E-state index is 12.0. The number of hydrogen-bond acceptors (Lipinski definition) is 4. The van der Waals surface area contributed by atoms with Gasteiger partial charge in [-0.2, -0.15) is 0 Å². The Kier molecular flexibility index (Phi) is 3.06. The number of carboxylic acid groups (broad SMARTS) is 1. The summed E-state index contributed by atoms with van der Waals surface area (Å²) in [4.78, 5) is 31.5. The molecule has 1 amide bonds. The molecule has 8 heteroatoms. The second kappa shape index (κ2) is 4.61. The Hall–Kier alpha value is -1.41. The number of hydrogen-bond donors (Lipinski definition) is 2. The minimum absolute atomic E-state index is 0.215. The zero-order valence-electron chi connectivity index (χ0n) is 9.72. The van der Waals surface area contributed by atoms with E-state index >= 15 is 0 Å². The number of nitrogens with zero attached hydrogens (tertiary/aromatic N) is 2. The molecule has 2 aromatic heterocycles. The van der Waals surface area contributed by atoms with Crippen molar-refractivity contribution in [2.75, 3.05) is 6.54 Å². The summed E-state index contributed by atoms with van der Waals surface area (Å²) in [7, 11) is 0. The van der Waals surface area contributed by atoms with E-state index in [-0.39, 0.29) is 11.6 Å². The molecule has 0 aliphatic carbocycles. The highest BCUT2D eigenvalue weighted by molar-refractivity contribution is 9.11. The van der Waals surface area contributed by atoms with Crippen molar-refractivity contribution >= 4 is 43.6 Å². The third-order valence-corrected chi connectivity index (χ3v) is 4.81. The Bertz CT molecular complexity index is 711. The summed E-state index contributed by atoms with van der Waals surface area (Å²) in [6, 6.07) is 1.42. The lowest BCUT2D eigenvalue weighted by Crippen LogP contribution is -2.30. The Labute approximate surface area is 120 Å². The van der Waals surface area contributed by atoms with Crippen molar-refractivity contribution in [2.45, 2.75) is 18.9 Å². The Balaban J connectivity index is 2.10. The van der Waals surface area contributed by atoms with Crippen molar-refractivity contribution in [3.8, 4) is 0 Å². The molecule has 1 aliphatic heterocycles. The quantitative estimate of drug-likeness (QED) is 0.832. The summed E-state index contributed by atoms with van der Waals surface area (Å²) in [5, 5.41) is 9.13. The van der Waals surface area contributed by atoms with Gasteiger partial charge in [-0.25, -0.2) is 9.78 Å². The highest BCUT2D eigenvalue weighted by Crippen LogP contribution is 2.31. The summed E-state index contributed by atoms with van der Waals surface area (Å²) in [5.74, 6) is 0.433. The van der Waals surface area contributed by atoms with E-state index in [1.807, 2.05) is 0 Å². The molecule has 0 spiro atoms. The standard InChI is InChI=1S/C11H10BrN3O3S/c12-7-4-5-8(19-7)10(16)14-9(13-5)6-2-1-3-15(6)11(17)18/h4,6H,1-3H2,(H,17,18)(H,13,14,16)/t6-/m0/s1. The number of aromatic nitrogens is 2. The van der Waals surface area contributed by atoms with Crippen molar-refractivity contribution in [3.05, 3.63) is 26.0 Å². The van der Waals surface area contributed by atoms with Crippen molar-refractivity contribution in [1.82, 2.24) is 14.9 Å². The molecule has 100 valence electrons. The SMILES string of the molecule is O=C(O)N1CCC[C@H]1c1nc2cc(Br)sc2c(=O)[nH]1. The van der Waals surface area contributed by atoms with Gasteiger partial charge in [-0.05, 0) is 34.8 Å². The molecular weight excluding hydrogens is 334 g/mol. The molecule has 0 bridgehead atoms. The maximum Gasteiger partial charge on any atom is 0.407 e. The average molecular weight is 344 g/mol. The number of thiophene rings is 1. The van der Waals surface area contributed by atoms with Gasteiger partial charge < -0.3 is 10.1 Å². The van der Waals surface area contributed by atoms with E-state index in [0.717, 1.165) is 10.2 Å². The zero-order valence-corrected chi connectivity index (χ0v) is 12.1. The molecule has 0 unspecified atom stereocenters. The van der Waals surface area contributed by atoms with E-state index in [0.29, 0.717) is 29.0 Å². The second-order valence-corrected chi connectivity index (χ2v) is 6.78. The van der Waals surface area contributed by atoms with E-state index in [4.69, 9.17) is 5.11 Å². The van der Waals surface area contributed by atoms with Crippen LogP contribution in [0.15, 0.2) is 14.6 Å². The molecule has 2 aromatic rings. The van der Waals surface area contributed by atoms with Crippen LogP contribution in [0.3, 0.4) is 0 Å². The molecule has 0 aromatic carbocycles. The summed E-state index contributed by atoms with van der Waals surface area (Å²) in [6.07, 6.45) is 0.495. The minimum atomic E-state index is -0.975. The lowest BCUT2D eigenvalue weighted by atomic mass is 10.2. The number of nitrogens with one attached hydrogen (secondary N) is 1. The molecule has 3 heterocycles. The van der Waals surface area contributed by atoms with Crippen molar-refractivity contribution in [2.24, 2.45) is 0 Å². The number of halogens is 1. The fraction of sp³-hybridized carbons (Fsp3) is 0.364. The molecule has 1 saturated heterocycles. The van der Waals surface area contributed by atoms with Gasteiger partial charge in [0.15, 0.2) is 0 Å². The topological polar surface area (TPSA) is 86.3 Å². The molecule has 1 atom stereocenters. The summed E-state index contributed by atoms with van der Waals surface area (Å²) in [5.41, 5.74) is 0.390. The van der Waals surface area contributed by atoms with Gasteiger partial charge >= 0.3 is 6.09 Å². The average Bonchev–Trinajstić information content (AvgIpc) is 2.93. The first kappa shape index (κ1) is 12.6. The Morgan fingerprint density at radius 1 is 1.63 bits per heavy atom. The number of aromatic amines is 1. The van der Waals surface area contributed by atoms with E-state index in [2.05, 4.69) is 25.9 Å². The monoisotopic (exact) mass is 343 g/mol. The summed E-state index contributed by atoms with van der Waals surface area (Å²) >= 11 is 4.64. The van der Waals surface area contributed by atoms with E-state index < -0.39 is 6.09 Å². The second-order valence-electron chi connectivity index (χ2n) is 4.35. The molecule has 1 fully saturated rings. The fourth-order valence-corrected chi connectivity index (χ4v) is 3.79.